The number of anilines is 1. The summed E-state index contributed by atoms with van der Waals surface area (Å²) in [5.41, 5.74) is 9.46. The van der Waals surface area contributed by atoms with Gasteiger partial charge >= 0.3 is 6.09 Å². The van der Waals surface area contributed by atoms with Crippen LogP contribution < -0.4 is 10.2 Å². The van der Waals surface area contributed by atoms with Crippen LogP contribution in [0.3, 0.4) is 0 Å². The van der Waals surface area contributed by atoms with Gasteiger partial charge in [-0.05, 0) is 89.2 Å². The molecule has 2 aromatic carbocycles. The Kier molecular flexibility index (Phi) is 10.3. The van der Waals surface area contributed by atoms with Crippen molar-refractivity contribution < 1.29 is 14.1 Å². The van der Waals surface area contributed by atoms with E-state index in [-0.39, 0.29) is 16.9 Å². The Bertz CT molecular complexity index is 1670. The molecule has 250 valence electrons. The zero-order valence-corrected chi connectivity index (χ0v) is 30.4. The van der Waals surface area contributed by atoms with Crippen molar-refractivity contribution in [2.24, 2.45) is 0 Å². The van der Waals surface area contributed by atoms with E-state index in [1.807, 2.05) is 20.8 Å². The van der Waals surface area contributed by atoms with Gasteiger partial charge in [-0.25, -0.2) is 4.79 Å². The summed E-state index contributed by atoms with van der Waals surface area (Å²) in [5, 5.41) is 3.79. The number of para-hydroxylation sites is 2. The molecular formula is C41H53ClN3O2+. The number of hydrogen-bond acceptors (Lipinski definition) is 3. The lowest BCUT2D eigenvalue weighted by Crippen LogP contribution is -2.34. The number of halogens is 1. The first-order chi connectivity index (χ1) is 22.3. The molecule has 1 aliphatic carbocycles. The molecule has 5 rings (SSSR count). The fraction of sp³-hybridized carbons (Fsp3) is 0.463. The van der Waals surface area contributed by atoms with E-state index in [1.54, 1.807) is 0 Å². The maximum atomic E-state index is 12.2. The lowest BCUT2D eigenvalue weighted by molar-refractivity contribution is -0.437. The van der Waals surface area contributed by atoms with Gasteiger partial charge in [-0.3, -0.25) is 0 Å². The summed E-state index contributed by atoms with van der Waals surface area (Å²) in [6.07, 6.45) is 13.6. The molecule has 0 radical (unpaired) electrons. The van der Waals surface area contributed by atoms with Gasteiger partial charge in [0, 0.05) is 59.0 Å². The van der Waals surface area contributed by atoms with Crippen molar-refractivity contribution in [2.75, 3.05) is 24.5 Å². The summed E-state index contributed by atoms with van der Waals surface area (Å²) >= 11 is 7.19. The number of benzene rings is 2. The van der Waals surface area contributed by atoms with Crippen LogP contribution in [0.4, 0.5) is 16.2 Å². The number of amides is 1. The smallest absolute Gasteiger partial charge is 0.407 e. The van der Waals surface area contributed by atoms with Crippen molar-refractivity contribution in [3.63, 3.8) is 0 Å². The van der Waals surface area contributed by atoms with E-state index in [0.717, 1.165) is 50.2 Å². The zero-order valence-electron chi connectivity index (χ0n) is 29.7. The molecule has 2 aromatic rings. The normalized spacial score (nSPS) is 20.4. The maximum Gasteiger partial charge on any atom is 0.407 e. The number of alkyl carbamates (subject to hydrolysis) is 1. The summed E-state index contributed by atoms with van der Waals surface area (Å²) < 4.78 is 7.91. The van der Waals surface area contributed by atoms with Crippen LogP contribution in [0.25, 0.3) is 0 Å². The van der Waals surface area contributed by atoms with Gasteiger partial charge in [0.15, 0.2) is 5.71 Å². The van der Waals surface area contributed by atoms with E-state index in [4.69, 9.17) is 16.3 Å². The fourth-order valence-electron chi connectivity index (χ4n) is 7.30. The Hall–Kier alpha value is -3.57. The number of nitrogens with one attached hydrogen (secondary N) is 1. The molecule has 2 aliphatic heterocycles. The summed E-state index contributed by atoms with van der Waals surface area (Å²) in [5.74, 6) is 0. The van der Waals surface area contributed by atoms with Crippen LogP contribution >= 0.6 is 11.6 Å². The minimum Gasteiger partial charge on any atom is -0.444 e. The largest absolute Gasteiger partial charge is 0.444 e. The predicted molar refractivity (Wildman–Crippen MR) is 197 cm³/mol. The monoisotopic (exact) mass is 654 g/mol. The van der Waals surface area contributed by atoms with Gasteiger partial charge < -0.3 is 15.0 Å². The third-order valence-corrected chi connectivity index (χ3v) is 10.1. The van der Waals surface area contributed by atoms with Crippen molar-refractivity contribution in [3.8, 4) is 0 Å². The van der Waals surface area contributed by atoms with E-state index in [2.05, 4.69) is 122 Å². The van der Waals surface area contributed by atoms with E-state index in [9.17, 15) is 4.79 Å². The molecule has 0 saturated heterocycles. The average Bonchev–Trinajstić information content (AvgIpc) is 3.36. The molecule has 5 nitrogen and oxygen atoms in total. The van der Waals surface area contributed by atoms with Crippen LogP contribution in [-0.4, -0.2) is 41.6 Å². The van der Waals surface area contributed by atoms with E-state index >= 15 is 0 Å². The molecule has 47 heavy (non-hydrogen) atoms. The van der Waals surface area contributed by atoms with Crippen LogP contribution in [0.2, 0.25) is 0 Å². The quantitative estimate of drug-likeness (QED) is 0.216. The number of carbonyl (C=O) groups excluding carboxylic acids is 1. The van der Waals surface area contributed by atoms with Gasteiger partial charge in [-0.1, -0.05) is 80.9 Å². The molecule has 0 fully saturated rings. The van der Waals surface area contributed by atoms with Crippen molar-refractivity contribution in [3.05, 3.63) is 106 Å². The standard InChI is InChI=1S/C41H52ClN3O2/c1-9-27-44-33-20-12-10-18-31(33)40(5,6)35(44)24-22-29-16-14-17-30(37(29)42)23-25-36-41(7,8)32-19-11-13-21-34(32)45(36)28-15-26-43-38(46)47-39(2,3)4/h10-13,18-25H,9,14-17,26-28H2,1-8H3/p+1. The molecule has 0 saturated carbocycles. The Morgan fingerprint density at radius 3 is 2.40 bits per heavy atom. The maximum absolute atomic E-state index is 12.2. The Morgan fingerprint density at radius 2 is 1.68 bits per heavy atom. The highest BCUT2D eigenvalue weighted by atomic mass is 35.5. The Labute approximate surface area is 287 Å². The number of fused-ring (bicyclic) bond motifs is 2. The van der Waals surface area contributed by atoms with Crippen LogP contribution in [0, 0.1) is 0 Å². The third-order valence-electron chi connectivity index (χ3n) is 9.61. The summed E-state index contributed by atoms with van der Waals surface area (Å²) in [6.45, 7) is 19.5. The molecule has 0 unspecified atom stereocenters. The first-order valence-corrected chi connectivity index (χ1v) is 17.7. The minimum atomic E-state index is -0.511. The van der Waals surface area contributed by atoms with Crippen LogP contribution in [0.15, 0.2) is 94.7 Å². The molecule has 6 heteroatoms. The second kappa shape index (κ2) is 13.9. The molecule has 0 bridgehead atoms. The number of ether oxygens (including phenoxy) is 1. The molecule has 0 aromatic heterocycles. The highest BCUT2D eigenvalue weighted by molar-refractivity contribution is 6.32. The molecule has 1 amide bonds. The molecular weight excluding hydrogens is 602 g/mol. The van der Waals surface area contributed by atoms with Crippen LogP contribution in [0.5, 0.6) is 0 Å². The van der Waals surface area contributed by atoms with Crippen molar-refractivity contribution >= 4 is 34.8 Å². The van der Waals surface area contributed by atoms with E-state index in [1.165, 1.54) is 45.1 Å². The highest BCUT2D eigenvalue weighted by Gasteiger charge is 2.44. The number of allylic oxidation sites excluding steroid dienone is 8. The van der Waals surface area contributed by atoms with Gasteiger partial charge in [-0.15, -0.1) is 0 Å². The number of carbonyl (C=O) groups is 1. The Morgan fingerprint density at radius 1 is 0.979 bits per heavy atom. The lowest BCUT2D eigenvalue weighted by Gasteiger charge is -2.27. The number of rotatable bonds is 9. The van der Waals surface area contributed by atoms with Gasteiger partial charge in [-0.2, -0.15) is 4.58 Å². The van der Waals surface area contributed by atoms with Crippen molar-refractivity contribution in [2.45, 2.75) is 104 Å². The topological polar surface area (TPSA) is 44.6 Å². The fourth-order valence-corrected chi connectivity index (χ4v) is 7.61. The SMILES string of the molecule is CCC[N+]1=C(/C=C/C2=C(Cl)C(=C/C=C3/N(CCCNC(=O)OC(C)(C)C)c4ccccc4C3(C)C)/CCC2)C(C)(C)c2ccccc21. The summed E-state index contributed by atoms with van der Waals surface area (Å²) in [7, 11) is 0. The number of hydrogen-bond donors (Lipinski definition) is 1. The molecule has 0 atom stereocenters. The molecule has 1 N–H and O–H groups in total. The lowest BCUT2D eigenvalue weighted by atomic mass is 9.81. The second-order valence-electron chi connectivity index (χ2n) is 15.0. The number of nitrogens with zero attached hydrogens (tertiary/aromatic N) is 2. The van der Waals surface area contributed by atoms with Crippen LogP contribution in [0.1, 0.15) is 98.6 Å². The first-order valence-electron chi connectivity index (χ1n) is 17.3. The predicted octanol–water partition coefficient (Wildman–Crippen LogP) is 10.2. The average molecular weight is 655 g/mol. The van der Waals surface area contributed by atoms with Crippen LogP contribution in [-0.2, 0) is 15.6 Å². The van der Waals surface area contributed by atoms with E-state index < -0.39 is 5.60 Å². The van der Waals surface area contributed by atoms with Gasteiger partial charge in [0.2, 0.25) is 5.69 Å². The zero-order chi connectivity index (χ0) is 34.0. The molecule has 0 spiro atoms. The third kappa shape index (κ3) is 7.31. The first kappa shape index (κ1) is 34.8. The van der Waals surface area contributed by atoms with Gasteiger partial charge in [0.25, 0.3) is 0 Å². The Balaban J connectivity index is 1.40. The van der Waals surface area contributed by atoms with E-state index in [0.29, 0.717) is 6.54 Å². The van der Waals surface area contributed by atoms with Crippen molar-refractivity contribution in [1.29, 1.82) is 0 Å². The van der Waals surface area contributed by atoms with Gasteiger partial charge in [0.05, 0.1) is 5.41 Å². The summed E-state index contributed by atoms with van der Waals surface area (Å²) in [4.78, 5) is 14.6. The molecule has 3 aliphatic rings. The highest BCUT2D eigenvalue weighted by Crippen LogP contribution is 2.48. The second-order valence-corrected chi connectivity index (χ2v) is 15.4. The minimum absolute atomic E-state index is 0.0675. The summed E-state index contributed by atoms with van der Waals surface area (Å²) in [6, 6.07) is 17.5. The van der Waals surface area contributed by atoms with Gasteiger partial charge in [0.1, 0.15) is 12.1 Å². The van der Waals surface area contributed by atoms with Crippen molar-refractivity contribution in [1.82, 2.24) is 5.32 Å². The molecule has 2 heterocycles.